The summed E-state index contributed by atoms with van der Waals surface area (Å²) in [6.45, 7) is 2.67. The van der Waals surface area contributed by atoms with E-state index in [9.17, 15) is 4.39 Å². The van der Waals surface area contributed by atoms with E-state index in [2.05, 4.69) is 21.2 Å². The lowest BCUT2D eigenvalue weighted by molar-refractivity contribution is 0.622. The Kier molecular flexibility index (Phi) is 3.87. The van der Waals surface area contributed by atoms with Crippen molar-refractivity contribution in [2.45, 2.75) is 13.5 Å². The number of nitrogen functional groups attached to an aromatic ring is 1. The molecule has 94 valence electrons. The molecule has 2 aromatic carbocycles. The summed E-state index contributed by atoms with van der Waals surface area (Å²) in [5.41, 5.74) is 9.33. The van der Waals surface area contributed by atoms with Gasteiger partial charge in [-0.05, 0) is 40.0 Å². The number of nitrogens with one attached hydrogen (secondary N) is 1. The molecule has 0 bridgehead atoms. The predicted octanol–water partition coefficient (Wildman–Crippen LogP) is 4.09. The molecule has 0 aliphatic carbocycles. The molecule has 0 aliphatic rings. The minimum Gasteiger partial charge on any atom is -0.397 e. The molecule has 0 saturated heterocycles. The maximum Gasteiger partial charge on any atom is 0.139 e. The van der Waals surface area contributed by atoms with Crippen LogP contribution in [0.3, 0.4) is 0 Å². The summed E-state index contributed by atoms with van der Waals surface area (Å²) in [7, 11) is 0. The number of hydrogen-bond donors (Lipinski definition) is 2. The van der Waals surface area contributed by atoms with Gasteiger partial charge in [0.2, 0.25) is 0 Å². The fraction of sp³-hybridized carbons (Fsp3) is 0.143. The summed E-state index contributed by atoms with van der Waals surface area (Å²) >= 11 is 3.11. The number of aryl methyl sites for hydroxylation is 1. The van der Waals surface area contributed by atoms with Crippen LogP contribution < -0.4 is 11.1 Å². The van der Waals surface area contributed by atoms with Gasteiger partial charge in [0.25, 0.3) is 0 Å². The highest BCUT2D eigenvalue weighted by Gasteiger charge is 2.06. The summed E-state index contributed by atoms with van der Waals surface area (Å²) in [5.74, 6) is -0.323. The zero-order valence-corrected chi connectivity index (χ0v) is 11.6. The summed E-state index contributed by atoms with van der Waals surface area (Å²) in [5, 5.41) is 3.15. The highest BCUT2D eigenvalue weighted by Crippen LogP contribution is 2.27. The number of nitrogens with two attached hydrogens (primary N) is 1. The van der Waals surface area contributed by atoms with Gasteiger partial charge in [-0.2, -0.15) is 0 Å². The number of benzene rings is 2. The van der Waals surface area contributed by atoms with Gasteiger partial charge in [0.15, 0.2) is 0 Å². The molecule has 0 fully saturated rings. The lowest BCUT2D eigenvalue weighted by Gasteiger charge is -2.11. The van der Waals surface area contributed by atoms with Crippen LogP contribution in [0, 0.1) is 12.7 Å². The maximum atomic E-state index is 13.4. The smallest absolute Gasteiger partial charge is 0.139 e. The Balaban J connectivity index is 2.16. The Labute approximate surface area is 114 Å². The zero-order chi connectivity index (χ0) is 13.1. The van der Waals surface area contributed by atoms with Crippen molar-refractivity contribution in [1.82, 2.24) is 0 Å². The molecule has 0 unspecified atom stereocenters. The van der Waals surface area contributed by atoms with Gasteiger partial charge in [0.1, 0.15) is 5.82 Å². The molecule has 4 heteroatoms. The van der Waals surface area contributed by atoms with Crippen molar-refractivity contribution >= 4 is 27.3 Å². The highest BCUT2D eigenvalue weighted by atomic mass is 79.9. The molecule has 0 spiro atoms. The Morgan fingerprint density at radius 3 is 2.72 bits per heavy atom. The largest absolute Gasteiger partial charge is 0.397 e. The minimum absolute atomic E-state index is 0.323. The Hall–Kier alpha value is -1.55. The quantitative estimate of drug-likeness (QED) is 0.838. The van der Waals surface area contributed by atoms with Crippen LogP contribution in [0.1, 0.15) is 11.1 Å². The standard InChI is InChI=1S/C14H14BrFN2/c1-9-4-2-3-5-10(9)8-18-14-7-12(16)11(15)6-13(14)17/h2-7,18H,8,17H2,1H3. The van der Waals surface area contributed by atoms with E-state index in [1.54, 1.807) is 6.07 Å². The third-order valence-electron chi connectivity index (χ3n) is 2.82. The second-order valence-corrected chi connectivity index (χ2v) is 4.99. The van der Waals surface area contributed by atoms with Gasteiger partial charge in [-0.25, -0.2) is 4.39 Å². The van der Waals surface area contributed by atoms with Crippen LogP contribution in [-0.4, -0.2) is 0 Å². The first-order valence-corrected chi connectivity index (χ1v) is 6.40. The van der Waals surface area contributed by atoms with E-state index < -0.39 is 0 Å². The lowest BCUT2D eigenvalue weighted by Crippen LogP contribution is -2.04. The normalized spacial score (nSPS) is 10.4. The van der Waals surface area contributed by atoms with E-state index in [4.69, 9.17) is 5.73 Å². The molecule has 0 radical (unpaired) electrons. The van der Waals surface area contributed by atoms with Crippen molar-refractivity contribution in [2.75, 3.05) is 11.1 Å². The molecule has 18 heavy (non-hydrogen) atoms. The van der Waals surface area contributed by atoms with Crippen LogP contribution in [0.15, 0.2) is 40.9 Å². The molecule has 0 heterocycles. The lowest BCUT2D eigenvalue weighted by atomic mass is 10.1. The van der Waals surface area contributed by atoms with Gasteiger partial charge in [0.05, 0.1) is 15.8 Å². The van der Waals surface area contributed by atoms with E-state index in [-0.39, 0.29) is 5.82 Å². The Bertz CT molecular complexity index is 570. The van der Waals surface area contributed by atoms with Gasteiger partial charge < -0.3 is 11.1 Å². The maximum absolute atomic E-state index is 13.4. The molecule has 0 amide bonds. The first kappa shape index (κ1) is 12.9. The fourth-order valence-electron chi connectivity index (χ4n) is 1.71. The number of hydrogen-bond acceptors (Lipinski definition) is 2. The SMILES string of the molecule is Cc1ccccc1CNc1cc(F)c(Br)cc1N. The highest BCUT2D eigenvalue weighted by molar-refractivity contribution is 9.10. The van der Waals surface area contributed by atoms with E-state index >= 15 is 0 Å². The zero-order valence-electron chi connectivity index (χ0n) is 10.0. The van der Waals surface area contributed by atoms with Crippen LogP contribution in [0.2, 0.25) is 0 Å². The van der Waals surface area contributed by atoms with E-state index in [1.807, 2.05) is 31.2 Å². The van der Waals surface area contributed by atoms with Gasteiger partial charge in [-0.1, -0.05) is 24.3 Å². The average molecular weight is 309 g/mol. The van der Waals surface area contributed by atoms with Gasteiger partial charge in [-0.15, -0.1) is 0 Å². The molecule has 3 N–H and O–H groups in total. The first-order chi connectivity index (χ1) is 8.58. The second-order valence-electron chi connectivity index (χ2n) is 4.13. The summed E-state index contributed by atoms with van der Waals surface area (Å²) in [4.78, 5) is 0. The average Bonchev–Trinajstić information content (AvgIpc) is 2.34. The van der Waals surface area contributed by atoms with Crippen molar-refractivity contribution in [1.29, 1.82) is 0 Å². The second kappa shape index (κ2) is 5.40. The third kappa shape index (κ3) is 2.82. The molecule has 0 saturated carbocycles. The van der Waals surface area contributed by atoms with Crippen molar-refractivity contribution in [3.8, 4) is 0 Å². The number of anilines is 2. The molecule has 0 aromatic heterocycles. The van der Waals surface area contributed by atoms with Crippen molar-refractivity contribution in [2.24, 2.45) is 0 Å². The van der Waals surface area contributed by atoms with Gasteiger partial charge in [-0.3, -0.25) is 0 Å². The van der Waals surface area contributed by atoms with Crippen molar-refractivity contribution in [3.63, 3.8) is 0 Å². The van der Waals surface area contributed by atoms with Gasteiger partial charge in [0, 0.05) is 12.6 Å². The van der Waals surface area contributed by atoms with E-state index in [1.165, 1.54) is 17.2 Å². The van der Waals surface area contributed by atoms with Gasteiger partial charge >= 0.3 is 0 Å². The molecular formula is C14H14BrFN2. The van der Waals surface area contributed by atoms with Crippen LogP contribution in [0.4, 0.5) is 15.8 Å². The molecule has 2 aromatic rings. The Morgan fingerprint density at radius 1 is 1.28 bits per heavy atom. The topological polar surface area (TPSA) is 38.0 Å². The monoisotopic (exact) mass is 308 g/mol. The van der Waals surface area contributed by atoms with Crippen LogP contribution in [0.25, 0.3) is 0 Å². The van der Waals surface area contributed by atoms with Crippen LogP contribution >= 0.6 is 15.9 Å². The fourth-order valence-corrected chi connectivity index (χ4v) is 2.08. The minimum atomic E-state index is -0.323. The predicted molar refractivity (Wildman–Crippen MR) is 77.0 cm³/mol. The molecule has 2 nitrogen and oxygen atoms in total. The summed E-state index contributed by atoms with van der Waals surface area (Å²) < 4.78 is 13.8. The number of halogens is 2. The van der Waals surface area contributed by atoms with Crippen LogP contribution in [0.5, 0.6) is 0 Å². The summed E-state index contributed by atoms with van der Waals surface area (Å²) in [6, 6.07) is 11.0. The van der Waals surface area contributed by atoms with E-state index in [0.29, 0.717) is 22.4 Å². The Morgan fingerprint density at radius 2 is 2.00 bits per heavy atom. The molecule has 0 aliphatic heterocycles. The number of rotatable bonds is 3. The van der Waals surface area contributed by atoms with E-state index in [0.717, 1.165) is 0 Å². The summed E-state index contributed by atoms with van der Waals surface area (Å²) in [6.07, 6.45) is 0. The van der Waals surface area contributed by atoms with Crippen molar-refractivity contribution < 1.29 is 4.39 Å². The molecular weight excluding hydrogens is 295 g/mol. The third-order valence-corrected chi connectivity index (χ3v) is 3.43. The molecule has 2 rings (SSSR count). The van der Waals surface area contributed by atoms with Crippen LogP contribution in [-0.2, 0) is 6.54 Å². The molecule has 0 atom stereocenters. The first-order valence-electron chi connectivity index (χ1n) is 5.61. The van der Waals surface area contributed by atoms with Crippen molar-refractivity contribution in [3.05, 3.63) is 57.8 Å².